The Bertz CT molecular complexity index is 427. The lowest BCUT2D eigenvalue weighted by Gasteiger charge is -2.33. The van der Waals surface area contributed by atoms with Gasteiger partial charge < -0.3 is 5.32 Å². The molecule has 2 unspecified atom stereocenters. The van der Waals surface area contributed by atoms with Crippen molar-refractivity contribution in [3.63, 3.8) is 0 Å². The smallest absolute Gasteiger partial charge is 0.0928 e. The van der Waals surface area contributed by atoms with Crippen LogP contribution in [-0.4, -0.2) is 36.6 Å². The van der Waals surface area contributed by atoms with Crippen molar-refractivity contribution in [1.29, 1.82) is 0 Å². The van der Waals surface area contributed by atoms with Crippen LogP contribution >= 0.6 is 23.7 Å². The van der Waals surface area contributed by atoms with Gasteiger partial charge >= 0.3 is 0 Å². The van der Waals surface area contributed by atoms with Gasteiger partial charge in [-0.25, -0.2) is 4.98 Å². The molecule has 1 saturated heterocycles. The molecule has 5 heteroatoms. The zero-order valence-electron chi connectivity index (χ0n) is 13.3. The number of nitrogens with zero attached hydrogens (tertiary/aromatic N) is 2. The average molecular weight is 318 g/mol. The summed E-state index contributed by atoms with van der Waals surface area (Å²) in [5, 5.41) is 4.75. The van der Waals surface area contributed by atoms with Crippen molar-refractivity contribution in [2.75, 3.05) is 26.7 Å². The van der Waals surface area contributed by atoms with E-state index in [9.17, 15) is 0 Å². The van der Waals surface area contributed by atoms with Gasteiger partial charge in [-0.3, -0.25) is 4.90 Å². The van der Waals surface area contributed by atoms with Crippen molar-refractivity contribution in [1.82, 2.24) is 15.2 Å². The van der Waals surface area contributed by atoms with Gasteiger partial charge in [-0.15, -0.1) is 23.7 Å². The van der Waals surface area contributed by atoms with Gasteiger partial charge in [0.05, 0.1) is 10.7 Å². The standard InChI is InChI=1S/C15H27N3S.ClH/c1-6-13-17-11(2)14(19-13)12(3)18(5)10-15(4)7-8-16-9-15;/h12,16H,6-10H2,1-5H3;1H. The van der Waals surface area contributed by atoms with E-state index in [1.54, 1.807) is 0 Å². The second kappa shape index (κ2) is 7.21. The summed E-state index contributed by atoms with van der Waals surface area (Å²) in [6.45, 7) is 12.5. The Morgan fingerprint density at radius 2 is 2.20 bits per heavy atom. The molecule has 1 fully saturated rings. The molecule has 2 rings (SSSR count). The Kier molecular flexibility index (Phi) is 6.45. The van der Waals surface area contributed by atoms with Crippen LogP contribution in [0.4, 0.5) is 0 Å². The Morgan fingerprint density at radius 3 is 2.70 bits per heavy atom. The van der Waals surface area contributed by atoms with Crippen molar-refractivity contribution in [2.24, 2.45) is 5.41 Å². The Balaban J connectivity index is 0.00000200. The highest BCUT2D eigenvalue weighted by Gasteiger charge is 2.31. The zero-order chi connectivity index (χ0) is 14.0. The number of halogens is 1. The molecule has 1 aliphatic rings. The molecule has 20 heavy (non-hydrogen) atoms. The van der Waals surface area contributed by atoms with Crippen LogP contribution in [0.3, 0.4) is 0 Å². The highest BCUT2D eigenvalue weighted by molar-refractivity contribution is 7.11. The first-order valence-corrected chi connectivity index (χ1v) is 8.14. The molecule has 2 atom stereocenters. The number of thiazole rings is 1. The minimum Gasteiger partial charge on any atom is -0.316 e. The largest absolute Gasteiger partial charge is 0.316 e. The van der Waals surface area contributed by atoms with Crippen LogP contribution in [-0.2, 0) is 6.42 Å². The van der Waals surface area contributed by atoms with Gasteiger partial charge in [0, 0.05) is 24.0 Å². The summed E-state index contributed by atoms with van der Waals surface area (Å²) in [5.41, 5.74) is 1.64. The molecule has 2 heterocycles. The monoisotopic (exact) mass is 317 g/mol. The molecule has 1 N–H and O–H groups in total. The highest BCUT2D eigenvalue weighted by atomic mass is 35.5. The third-order valence-corrected chi connectivity index (χ3v) is 5.78. The number of aryl methyl sites for hydroxylation is 2. The van der Waals surface area contributed by atoms with Gasteiger partial charge in [0.25, 0.3) is 0 Å². The number of rotatable bonds is 5. The Labute approximate surface area is 133 Å². The van der Waals surface area contributed by atoms with Gasteiger partial charge in [-0.2, -0.15) is 0 Å². The van der Waals surface area contributed by atoms with Crippen LogP contribution in [0, 0.1) is 12.3 Å². The third-order valence-electron chi connectivity index (χ3n) is 4.31. The molecular formula is C15H28ClN3S. The first-order valence-electron chi connectivity index (χ1n) is 7.32. The normalized spacial score (nSPS) is 23.9. The van der Waals surface area contributed by atoms with Gasteiger partial charge in [-0.1, -0.05) is 13.8 Å². The molecular weight excluding hydrogens is 290 g/mol. The maximum absolute atomic E-state index is 4.66. The first-order chi connectivity index (χ1) is 8.95. The predicted molar refractivity (Wildman–Crippen MR) is 90.1 cm³/mol. The molecule has 3 nitrogen and oxygen atoms in total. The molecule has 0 saturated carbocycles. The molecule has 0 amide bonds. The van der Waals surface area contributed by atoms with Gasteiger partial charge in [0.15, 0.2) is 0 Å². The van der Waals surface area contributed by atoms with Crippen LogP contribution in [0.15, 0.2) is 0 Å². The first kappa shape index (κ1) is 17.9. The van der Waals surface area contributed by atoms with E-state index >= 15 is 0 Å². The van der Waals surface area contributed by atoms with Crippen LogP contribution in [0.5, 0.6) is 0 Å². The minimum atomic E-state index is 0. The zero-order valence-corrected chi connectivity index (χ0v) is 15.0. The highest BCUT2D eigenvalue weighted by Crippen LogP contribution is 2.32. The summed E-state index contributed by atoms with van der Waals surface area (Å²) in [6, 6.07) is 0.468. The van der Waals surface area contributed by atoms with Crippen LogP contribution in [0.1, 0.15) is 48.8 Å². The average Bonchev–Trinajstić information content (AvgIpc) is 2.94. The lowest BCUT2D eigenvalue weighted by molar-refractivity contribution is 0.170. The molecule has 1 aromatic rings. The number of hydrogen-bond donors (Lipinski definition) is 1. The van der Waals surface area contributed by atoms with E-state index in [1.807, 2.05) is 11.3 Å². The van der Waals surface area contributed by atoms with Gasteiger partial charge in [0.1, 0.15) is 0 Å². The molecule has 1 aliphatic heterocycles. The maximum atomic E-state index is 4.66. The van der Waals surface area contributed by atoms with Crippen LogP contribution < -0.4 is 5.32 Å². The molecule has 0 aromatic carbocycles. The summed E-state index contributed by atoms with van der Waals surface area (Å²) in [4.78, 5) is 8.59. The fraction of sp³-hybridized carbons (Fsp3) is 0.800. The topological polar surface area (TPSA) is 28.2 Å². The molecule has 1 aromatic heterocycles. The van der Waals surface area contributed by atoms with Crippen LogP contribution in [0.2, 0.25) is 0 Å². The van der Waals surface area contributed by atoms with E-state index in [4.69, 9.17) is 0 Å². The summed E-state index contributed by atoms with van der Waals surface area (Å²) in [6.07, 6.45) is 2.33. The molecule has 0 radical (unpaired) electrons. The summed E-state index contributed by atoms with van der Waals surface area (Å²) in [7, 11) is 2.25. The maximum Gasteiger partial charge on any atom is 0.0928 e. The summed E-state index contributed by atoms with van der Waals surface area (Å²) in [5.74, 6) is 0. The molecule has 0 spiro atoms. The molecule has 0 aliphatic carbocycles. The van der Waals surface area contributed by atoms with Crippen molar-refractivity contribution < 1.29 is 0 Å². The fourth-order valence-electron chi connectivity index (χ4n) is 2.95. The van der Waals surface area contributed by atoms with E-state index in [0.717, 1.165) is 26.1 Å². The van der Waals surface area contributed by atoms with E-state index < -0.39 is 0 Å². The lowest BCUT2D eigenvalue weighted by atomic mass is 9.89. The molecule has 116 valence electrons. The lowest BCUT2D eigenvalue weighted by Crippen LogP contribution is -2.36. The van der Waals surface area contributed by atoms with E-state index in [0.29, 0.717) is 11.5 Å². The third kappa shape index (κ3) is 3.94. The van der Waals surface area contributed by atoms with Crippen molar-refractivity contribution in [3.05, 3.63) is 15.6 Å². The second-order valence-electron chi connectivity index (χ2n) is 6.24. The number of aromatic nitrogens is 1. The minimum absolute atomic E-state index is 0. The Hall–Kier alpha value is -0.160. The second-order valence-corrected chi connectivity index (χ2v) is 7.35. The van der Waals surface area contributed by atoms with E-state index in [1.165, 1.54) is 22.0 Å². The SMILES string of the molecule is CCc1nc(C)c(C(C)N(C)CC2(C)CCNC2)s1.Cl. The van der Waals surface area contributed by atoms with Gasteiger partial charge in [0.2, 0.25) is 0 Å². The van der Waals surface area contributed by atoms with E-state index in [-0.39, 0.29) is 12.4 Å². The fourth-order valence-corrected chi connectivity index (χ4v) is 4.07. The summed E-state index contributed by atoms with van der Waals surface area (Å²) >= 11 is 1.88. The van der Waals surface area contributed by atoms with Crippen molar-refractivity contribution in [2.45, 2.75) is 46.6 Å². The number of hydrogen-bond acceptors (Lipinski definition) is 4. The Morgan fingerprint density at radius 1 is 1.50 bits per heavy atom. The molecule has 0 bridgehead atoms. The number of nitrogens with one attached hydrogen (secondary N) is 1. The quantitative estimate of drug-likeness (QED) is 0.902. The van der Waals surface area contributed by atoms with Crippen LogP contribution in [0.25, 0.3) is 0 Å². The van der Waals surface area contributed by atoms with Gasteiger partial charge in [-0.05, 0) is 45.7 Å². The van der Waals surface area contributed by atoms with Crippen molar-refractivity contribution in [3.8, 4) is 0 Å². The van der Waals surface area contributed by atoms with E-state index in [2.05, 4.69) is 49.9 Å². The summed E-state index contributed by atoms with van der Waals surface area (Å²) < 4.78 is 0. The van der Waals surface area contributed by atoms with Crippen molar-refractivity contribution >= 4 is 23.7 Å². The predicted octanol–water partition coefficient (Wildman–Crippen LogP) is 3.43.